The van der Waals surface area contributed by atoms with Crippen molar-refractivity contribution in [1.29, 1.82) is 0 Å². The Morgan fingerprint density at radius 2 is 2.05 bits per heavy atom. The van der Waals surface area contributed by atoms with Crippen LogP contribution in [-0.2, 0) is 0 Å². The zero-order chi connectivity index (χ0) is 13.2. The molecule has 94 valence electrons. The quantitative estimate of drug-likeness (QED) is 0.752. The van der Waals surface area contributed by atoms with E-state index in [1.54, 1.807) is 6.07 Å². The Kier molecular flexibility index (Phi) is 2.68. The van der Waals surface area contributed by atoms with E-state index in [-0.39, 0.29) is 5.75 Å². The fourth-order valence-electron chi connectivity index (χ4n) is 1.70. The summed E-state index contributed by atoms with van der Waals surface area (Å²) in [4.78, 5) is 5.50. The van der Waals surface area contributed by atoms with Crippen LogP contribution in [0.2, 0.25) is 0 Å². The minimum absolute atomic E-state index is 0.106. The summed E-state index contributed by atoms with van der Waals surface area (Å²) in [5.74, 6) is 0.524. The highest BCUT2D eigenvalue weighted by Gasteiger charge is 2.08. The van der Waals surface area contributed by atoms with Gasteiger partial charge in [0.1, 0.15) is 11.4 Å². The molecule has 0 aliphatic rings. The highest BCUT2D eigenvalue weighted by molar-refractivity contribution is 5.48. The maximum Gasteiger partial charge on any atom is 0.223 e. The molecule has 0 saturated heterocycles. The van der Waals surface area contributed by atoms with Crippen molar-refractivity contribution in [2.75, 3.05) is 0 Å². The molecule has 0 radical (unpaired) electrons. The zero-order valence-corrected chi connectivity index (χ0v) is 10.2. The molecule has 2 heterocycles. The molecule has 1 N–H and O–H groups in total. The van der Waals surface area contributed by atoms with Crippen molar-refractivity contribution in [1.82, 2.24) is 25.2 Å². The van der Waals surface area contributed by atoms with Crippen molar-refractivity contribution in [3.8, 4) is 23.0 Å². The lowest BCUT2D eigenvalue weighted by atomic mass is 10.2. The summed E-state index contributed by atoms with van der Waals surface area (Å²) in [6, 6.07) is 11.0. The monoisotopic (exact) mass is 253 g/mol. The normalized spacial score (nSPS) is 10.6. The molecule has 0 saturated carbocycles. The summed E-state index contributed by atoms with van der Waals surface area (Å²) in [6.07, 6.45) is 1.35. The molecular weight excluding hydrogens is 242 g/mol. The second-order valence-corrected chi connectivity index (χ2v) is 4.14. The van der Waals surface area contributed by atoms with E-state index in [0.717, 1.165) is 11.3 Å². The highest BCUT2D eigenvalue weighted by Crippen LogP contribution is 2.15. The molecular formula is C13H11N5O. The predicted molar refractivity (Wildman–Crippen MR) is 68.8 cm³/mol. The van der Waals surface area contributed by atoms with Gasteiger partial charge in [0, 0.05) is 0 Å². The zero-order valence-electron chi connectivity index (χ0n) is 10.2. The van der Waals surface area contributed by atoms with Crippen molar-refractivity contribution in [2.45, 2.75) is 6.92 Å². The lowest BCUT2D eigenvalue weighted by Gasteiger charge is -1.98. The SMILES string of the molecule is Cc1cccc(-n2nnc(-c3ccc(O)cn3)n2)c1. The fourth-order valence-corrected chi connectivity index (χ4v) is 1.70. The Bertz CT molecular complexity index is 705. The smallest absolute Gasteiger partial charge is 0.223 e. The van der Waals surface area contributed by atoms with Crippen molar-refractivity contribution in [3.05, 3.63) is 48.2 Å². The van der Waals surface area contributed by atoms with Gasteiger partial charge in [0.05, 0.1) is 11.9 Å². The van der Waals surface area contributed by atoms with Crippen LogP contribution >= 0.6 is 0 Å². The van der Waals surface area contributed by atoms with Crippen LogP contribution in [-0.4, -0.2) is 30.3 Å². The summed E-state index contributed by atoms with van der Waals surface area (Å²) in [7, 11) is 0. The van der Waals surface area contributed by atoms with Crippen LogP contribution in [0.25, 0.3) is 17.2 Å². The number of hydrogen-bond donors (Lipinski definition) is 1. The summed E-state index contributed by atoms with van der Waals surface area (Å²) >= 11 is 0. The third-order valence-corrected chi connectivity index (χ3v) is 2.62. The average molecular weight is 253 g/mol. The largest absolute Gasteiger partial charge is 0.506 e. The average Bonchev–Trinajstić information content (AvgIpc) is 2.89. The van der Waals surface area contributed by atoms with E-state index >= 15 is 0 Å². The molecule has 0 unspecified atom stereocenters. The number of aromatic nitrogens is 5. The molecule has 0 atom stereocenters. The molecule has 0 aliphatic heterocycles. The Hall–Kier alpha value is -2.76. The van der Waals surface area contributed by atoms with Gasteiger partial charge in [-0.15, -0.1) is 15.0 Å². The number of aryl methyl sites for hydroxylation is 1. The van der Waals surface area contributed by atoms with Crippen LogP contribution in [0.15, 0.2) is 42.6 Å². The van der Waals surface area contributed by atoms with E-state index in [0.29, 0.717) is 11.5 Å². The topological polar surface area (TPSA) is 76.7 Å². The van der Waals surface area contributed by atoms with Crippen molar-refractivity contribution < 1.29 is 5.11 Å². The standard InChI is InChI=1S/C13H11N5O/c1-9-3-2-4-10(7-9)18-16-13(15-17-18)12-6-5-11(19)8-14-12/h2-8,19H,1H3. The number of rotatable bonds is 2. The van der Waals surface area contributed by atoms with Gasteiger partial charge in [-0.1, -0.05) is 12.1 Å². The lowest BCUT2D eigenvalue weighted by molar-refractivity contribution is 0.473. The van der Waals surface area contributed by atoms with Crippen molar-refractivity contribution >= 4 is 0 Å². The maximum atomic E-state index is 9.19. The molecule has 0 spiro atoms. The molecule has 2 aromatic heterocycles. The lowest BCUT2D eigenvalue weighted by Crippen LogP contribution is -1.99. The Morgan fingerprint density at radius 1 is 1.16 bits per heavy atom. The number of tetrazole rings is 1. The number of aromatic hydroxyl groups is 1. The van der Waals surface area contributed by atoms with E-state index in [1.807, 2.05) is 31.2 Å². The van der Waals surface area contributed by atoms with Crippen LogP contribution in [0.3, 0.4) is 0 Å². The number of hydrogen-bond acceptors (Lipinski definition) is 5. The molecule has 1 aromatic carbocycles. The van der Waals surface area contributed by atoms with Gasteiger partial charge in [-0.25, -0.2) is 4.98 Å². The van der Waals surface area contributed by atoms with Gasteiger partial charge in [-0.3, -0.25) is 0 Å². The molecule has 0 bridgehead atoms. The molecule has 0 aliphatic carbocycles. The maximum absolute atomic E-state index is 9.19. The van der Waals surface area contributed by atoms with Crippen LogP contribution in [0.5, 0.6) is 5.75 Å². The number of pyridine rings is 1. The predicted octanol–water partition coefficient (Wildman–Crippen LogP) is 1.74. The Labute approximate surface area is 109 Å². The third kappa shape index (κ3) is 2.28. The van der Waals surface area contributed by atoms with E-state index in [1.165, 1.54) is 17.1 Å². The van der Waals surface area contributed by atoms with Gasteiger partial charge in [0.15, 0.2) is 0 Å². The van der Waals surface area contributed by atoms with Gasteiger partial charge in [-0.2, -0.15) is 0 Å². The summed E-state index contributed by atoms with van der Waals surface area (Å²) in [6.45, 7) is 2.00. The molecule has 19 heavy (non-hydrogen) atoms. The van der Waals surface area contributed by atoms with Crippen molar-refractivity contribution in [3.63, 3.8) is 0 Å². The molecule has 3 aromatic rings. The van der Waals surface area contributed by atoms with Gasteiger partial charge in [-0.05, 0) is 42.0 Å². The minimum atomic E-state index is 0.106. The van der Waals surface area contributed by atoms with Crippen LogP contribution in [0.1, 0.15) is 5.56 Å². The first-order valence-corrected chi connectivity index (χ1v) is 5.75. The van der Waals surface area contributed by atoms with Gasteiger partial charge >= 0.3 is 0 Å². The summed E-state index contributed by atoms with van der Waals surface area (Å²) in [5.41, 5.74) is 2.54. The Balaban J connectivity index is 1.97. The van der Waals surface area contributed by atoms with Crippen molar-refractivity contribution in [2.24, 2.45) is 0 Å². The van der Waals surface area contributed by atoms with E-state index in [9.17, 15) is 5.11 Å². The Morgan fingerprint density at radius 3 is 2.79 bits per heavy atom. The van der Waals surface area contributed by atoms with Gasteiger partial charge in [0.25, 0.3) is 0 Å². The van der Waals surface area contributed by atoms with E-state index in [2.05, 4.69) is 20.4 Å². The van der Waals surface area contributed by atoms with Gasteiger partial charge < -0.3 is 5.11 Å². The molecule has 3 rings (SSSR count). The number of benzene rings is 1. The van der Waals surface area contributed by atoms with Crippen LogP contribution in [0.4, 0.5) is 0 Å². The minimum Gasteiger partial charge on any atom is -0.506 e. The first-order chi connectivity index (χ1) is 9.22. The highest BCUT2D eigenvalue weighted by atomic mass is 16.3. The molecule has 0 fully saturated rings. The first-order valence-electron chi connectivity index (χ1n) is 5.75. The molecule has 0 amide bonds. The summed E-state index contributed by atoms with van der Waals surface area (Å²) in [5, 5.41) is 21.4. The van der Waals surface area contributed by atoms with E-state index in [4.69, 9.17) is 0 Å². The number of nitrogens with zero attached hydrogens (tertiary/aromatic N) is 5. The van der Waals surface area contributed by atoms with Gasteiger partial charge in [0.2, 0.25) is 5.82 Å². The third-order valence-electron chi connectivity index (χ3n) is 2.62. The summed E-state index contributed by atoms with van der Waals surface area (Å²) < 4.78 is 0. The molecule has 6 nitrogen and oxygen atoms in total. The van der Waals surface area contributed by atoms with Crippen LogP contribution < -0.4 is 0 Å². The first kappa shape index (κ1) is 11.3. The molecule has 6 heteroatoms. The fraction of sp³-hybridized carbons (Fsp3) is 0.0769. The van der Waals surface area contributed by atoms with E-state index < -0.39 is 0 Å². The van der Waals surface area contributed by atoms with Crippen LogP contribution in [0, 0.1) is 6.92 Å². The second kappa shape index (κ2) is 4.49. The second-order valence-electron chi connectivity index (χ2n) is 4.14.